The molecular weight excluding hydrogens is 378 g/mol. The first kappa shape index (κ1) is 20.2. The van der Waals surface area contributed by atoms with E-state index in [1.807, 2.05) is 19.1 Å². The Balaban J connectivity index is 1.56. The average Bonchev–Trinajstić information content (AvgIpc) is 3.09. The summed E-state index contributed by atoms with van der Waals surface area (Å²) in [5.74, 6) is -1.22. The van der Waals surface area contributed by atoms with Crippen LogP contribution >= 0.6 is 0 Å². The molecule has 3 N–H and O–H groups in total. The first-order valence-corrected chi connectivity index (χ1v) is 10.6. The van der Waals surface area contributed by atoms with Crippen LogP contribution in [0.2, 0.25) is 0 Å². The van der Waals surface area contributed by atoms with Gasteiger partial charge >= 0.3 is 5.97 Å². The van der Waals surface area contributed by atoms with Crippen molar-refractivity contribution in [2.24, 2.45) is 0 Å². The first-order chi connectivity index (χ1) is 14.5. The van der Waals surface area contributed by atoms with E-state index in [1.165, 1.54) is 44.0 Å². The van der Waals surface area contributed by atoms with Crippen molar-refractivity contribution in [2.45, 2.75) is 39.2 Å². The lowest BCUT2D eigenvalue weighted by atomic mass is 10.0. The van der Waals surface area contributed by atoms with Gasteiger partial charge in [0.25, 0.3) is 5.91 Å². The Morgan fingerprint density at radius 3 is 2.50 bits per heavy atom. The molecule has 0 aliphatic carbocycles. The summed E-state index contributed by atoms with van der Waals surface area (Å²) in [7, 11) is 0. The second kappa shape index (κ2) is 8.71. The number of carbonyl (C=O) groups is 2. The van der Waals surface area contributed by atoms with E-state index in [4.69, 9.17) is 0 Å². The van der Waals surface area contributed by atoms with E-state index in [-0.39, 0.29) is 11.5 Å². The van der Waals surface area contributed by atoms with Gasteiger partial charge in [0, 0.05) is 29.2 Å². The SMILES string of the molecule is CC/C(Nc1ccc(CN2CCCCC2)cc1)=C1/C(=O)Nc2ccc(C(=O)O)cc21. The van der Waals surface area contributed by atoms with Crippen LogP contribution in [0.1, 0.15) is 54.1 Å². The number of benzene rings is 2. The van der Waals surface area contributed by atoms with E-state index in [9.17, 15) is 14.7 Å². The Kier molecular flexibility index (Phi) is 5.86. The highest BCUT2D eigenvalue weighted by atomic mass is 16.4. The van der Waals surface area contributed by atoms with Crippen molar-refractivity contribution in [3.8, 4) is 0 Å². The number of amides is 1. The number of hydrogen-bond donors (Lipinski definition) is 3. The zero-order chi connectivity index (χ0) is 21.1. The predicted molar refractivity (Wildman–Crippen MR) is 118 cm³/mol. The minimum Gasteiger partial charge on any atom is -0.478 e. The third-order valence-corrected chi connectivity index (χ3v) is 5.77. The summed E-state index contributed by atoms with van der Waals surface area (Å²) in [5, 5.41) is 15.5. The molecule has 0 atom stereocenters. The quantitative estimate of drug-likeness (QED) is 0.614. The molecule has 1 amide bonds. The maximum absolute atomic E-state index is 12.6. The highest BCUT2D eigenvalue weighted by Crippen LogP contribution is 2.35. The summed E-state index contributed by atoms with van der Waals surface area (Å²) in [6, 6.07) is 13.0. The number of anilines is 2. The summed E-state index contributed by atoms with van der Waals surface area (Å²) in [6.07, 6.45) is 4.51. The molecule has 0 aromatic heterocycles. The van der Waals surface area contributed by atoms with Crippen molar-refractivity contribution >= 4 is 28.8 Å². The molecule has 0 unspecified atom stereocenters. The summed E-state index contributed by atoms with van der Waals surface area (Å²) < 4.78 is 0. The van der Waals surface area contributed by atoms with Crippen LogP contribution < -0.4 is 10.6 Å². The maximum Gasteiger partial charge on any atom is 0.335 e. The van der Waals surface area contributed by atoms with Gasteiger partial charge in [0.1, 0.15) is 0 Å². The van der Waals surface area contributed by atoms with Crippen LogP contribution in [0.3, 0.4) is 0 Å². The standard InChI is InChI=1S/C24H27N3O3/c1-2-20(22-19-14-17(24(29)30)8-11-21(19)26-23(22)28)25-18-9-6-16(7-10-18)15-27-12-4-3-5-13-27/h6-11,14,25H,2-5,12-13,15H2,1H3,(H,26,28)(H,29,30)/b22-20-. The van der Waals surface area contributed by atoms with E-state index in [2.05, 4.69) is 27.7 Å². The number of nitrogens with one attached hydrogen (secondary N) is 2. The molecule has 0 radical (unpaired) electrons. The molecule has 2 aromatic carbocycles. The highest BCUT2D eigenvalue weighted by Gasteiger charge is 2.28. The molecule has 6 nitrogen and oxygen atoms in total. The van der Waals surface area contributed by atoms with Crippen molar-refractivity contribution in [1.29, 1.82) is 0 Å². The summed E-state index contributed by atoms with van der Waals surface area (Å²) >= 11 is 0. The number of carboxylic acid groups (broad SMARTS) is 1. The third kappa shape index (κ3) is 4.24. The molecule has 2 aliphatic heterocycles. The summed E-state index contributed by atoms with van der Waals surface area (Å²) in [6.45, 7) is 5.28. The predicted octanol–water partition coefficient (Wildman–Crippen LogP) is 4.56. The van der Waals surface area contributed by atoms with E-state index < -0.39 is 5.97 Å². The summed E-state index contributed by atoms with van der Waals surface area (Å²) in [4.78, 5) is 26.5. The fraction of sp³-hybridized carbons (Fsp3) is 0.333. The Hall–Kier alpha value is -3.12. The molecule has 1 saturated heterocycles. The highest BCUT2D eigenvalue weighted by molar-refractivity contribution is 6.32. The van der Waals surface area contributed by atoms with Crippen molar-refractivity contribution in [1.82, 2.24) is 4.90 Å². The maximum atomic E-state index is 12.6. The van der Waals surface area contributed by atoms with E-state index >= 15 is 0 Å². The Labute approximate surface area is 176 Å². The molecule has 1 fully saturated rings. The molecule has 156 valence electrons. The lowest BCUT2D eigenvalue weighted by molar-refractivity contribution is -0.110. The third-order valence-electron chi connectivity index (χ3n) is 5.77. The fourth-order valence-corrected chi connectivity index (χ4v) is 4.17. The van der Waals surface area contributed by atoms with Gasteiger partial charge in [-0.1, -0.05) is 25.5 Å². The normalized spacial score (nSPS) is 18.0. The minimum atomic E-state index is -1.01. The number of fused-ring (bicyclic) bond motifs is 1. The van der Waals surface area contributed by atoms with E-state index in [0.717, 1.165) is 17.9 Å². The number of allylic oxidation sites excluding steroid dienone is 1. The fourth-order valence-electron chi connectivity index (χ4n) is 4.17. The molecular formula is C24H27N3O3. The van der Waals surface area contributed by atoms with E-state index in [0.29, 0.717) is 23.2 Å². The van der Waals surface area contributed by atoms with E-state index in [1.54, 1.807) is 12.1 Å². The Morgan fingerprint density at radius 2 is 1.83 bits per heavy atom. The molecule has 6 heteroatoms. The van der Waals surface area contributed by atoms with Crippen LogP contribution in [0.25, 0.3) is 5.57 Å². The van der Waals surface area contributed by atoms with Crippen molar-refractivity contribution in [3.05, 3.63) is 64.9 Å². The molecule has 0 spiro atoms. The zero-order valence-electron chi connectivity index (χ0n) is 17.2. The van der Waals surface area contributed by atoms with Gasteiger partial charge in [-0.3, -0.25) is 9.69 Å². The lowest BCUT2D eigenvalue weighted by Gasteiger charge is -2.26. The van der Waals surface area contributed by atoms with Gasteiger partial charge in [0.05, 0.1) is 11.1 Å². The molecule has 2 heterocycles. The molecule has 30 heavy (non-hydrogen) atoms. The van der Waals surface area contributed by atoms with Gasteiger partial charge in [-0.05, 0) is 68.2 Å². The van der Waals surface area contributed by atoms with Crippen LogP contribution in [0.4, 0.5) is 11.4 Å². The van der Waals surface area contributed by atoms with Gasteiger partial charge in [0.15, 0.2) is 0 Å². The summed E-state index contributed by atoms with van der Waals surface area (Å²) in [5.41, 5.74) is 4.92. The second-order valence-corrected chi connectivity index (χ2v) is 7.89. The van der Waals surface area contributed by atoms with Crippen molar-refractivity contribution < 1.29 is 14.7 Å². The van der Waals surface area contributed by atoms with Crippen molar-refractivity contribution in [2.75, 3.05) is 23.7 Å². The first-order valence-electron chi connectivity index (χ1n) is 10.6. The number of hydrogen-bond acceptors (Lipinski definition) is 4. The molecule has 0 saturated carbocycles. The zero-order valence-corrected chi connectivity index (χ0v) is 17.2. The molecule has 4 rings (SSSR count). The molecule has 0 bridgehead atoms. The number of rotatable bonds is 6. The number of carbonyl (C=O) groups excluding carboxylic acids is 1. The largest absolute Gasteiger partial charge is 0.478 e. The van der Waals surface area contributed by atoms with Crippen LogP contribution in [-0.2, 0) is 11.3 Å². The van der Waals surface area contributed by atoms with Crippen LogP contribution in [0.15, 0.2) is 48.2 Å². The number of nitrogens with zero attached hydrogens (tertiary/aromatic N) is 1. The van der Waals surface area contributed by atoms with Crippen LogP contribution in [-0.4, -0.2) is 35.0 Å². The van der Waals surface area contributed by atoms with Gasteiger partial charge < -0.3 is 15.7 Å². The monoisotopic (exact) mass is 405 g/mol. The van der Waals surface area contributed by atoms with Gasteiger partial charge in [-0.2, -0.15) is 0 Å². The number of piperidine rings is 1. The number of likely N-dealkylation sites (tertiary alicyclic amines) is 1. The smallest absolute Gasteiger partial charge is 0.335 e. The minimum absolute atomic E-state index is 0.167. The molecule has 2 aromatic rings. The topological polar surface area (TPSA) is 81.7 Å². The van der Waals surface area contributed by atoms with Gasteiger partial charge in [-0.25, -0.2) is 4.79 Å². The molecule has 2 aliphatic rings. The van der Waals surface area contributed by atoms with Crippen LogP contribution in [0.5, 0.6) is 0 Å². The number of carboxylic acids is 1. The average molecular weight is 405 g/mol. The van der Waals surface area contributed by atoms with Crippen molar-refractivity contribution in [3.63, 3.8) is 0 Å². The van der Waals surface area contributed by atoms with Gasteiger partial charge in [-0.15, -0.1) is 0 Å². The lowest BCUT2D eigenvalue weighted by Crippen LogP contribution is -2.29. The Morgan fingerprint density at radius 1 is 1.10 bits per heavy atom. The second-order valence-electron chi connectivity index (χ2n) is 7.89. The van der Waals surface area contributed by atoms with Crippen LogP contribution in [0, 0.1) is 0 Å². The van der Waals surface area contributed by atoms with Gasteiger partial charge in [0.2, 0.25) is 0 Å². The number of aromatic carboxylic acids is 1. The Bertz CT molecular complexity index is 989.